The first-order chi connectivity index (χ1) is 9.01. The summed E-state index contributed by atoms with van der Waals surface area (Å²) in [6.45, 7) is 1.14. The number of benzene rings is 1. The van der Waals surface area contributed by atoms with E-state index in [0.717, 1.165) is 0 Å². The van der Waals surface area contributed by atoms with Crippen LogP contribution < -0.4 is 20.7 Å². The molecule has 102 valence electrons. The number of carbonyl (C=O) groups excluding carboxylic acids is 3. The molecule has 1 aromatic rings. The molecular formula is C12H15N3O4. The maximum atomic E-state index is 11.2. The molecule has 0 spiro atoms. The van der Waals surface area contributed by atoms with E-state index < -0.39 is 11.9 Å². The highest BCUT2D eigenvalue weighted by Gasteiger charge is 2.06. The molecule has 1 aromatic carbocycles. The maximum absolute atomic E-state index is 11.2. The van der Waals surface area contributed by atoms with Gasteiger partial charge in [-0.2, -0.15) is 0 Å². The smallest absolute Gasteiger partial charge is 0.321 e. The van der Waals surface area contributed by atoms with Gasteiger partial charge in [0, 0.05) is 19.7 Å². The second kappa shape index (κ2) is 7.00. The minimum Gasteiger partial charge on any atom is -0.484 e. The van der Waals surface area contributed by atoms with Crippen LogP contribution >= 0.6 is 0 Å². The van der Waals surface area contributed by atoms with E-state index in [0.29, 0.717) is 11.4 Å². The number of hydrogen-bond acceptors (Lipinski definition) is 4. The van der Waals surface area contributed by atoms with E-state index in [-0.39, 0.29) is 12.5 Å². The molecule has 0 bridgehead atoms. The number of ether oxygens (including phenoxy) is 1. The Morgan fingerprint density at radius 3 is 2.32 bits per heavy atom. The summed E-state index contributed by atoms with van der Waals surface area (Å²) in [5.41, 5.74) is 0.634. The van der Waals surface area contributed by atoms with Gasteiger partial charge in [-0.05, 0) is 24.3 Å². The molecule has 1 rings (SSSR count). The van der Waals surface area contributed by atoms with Gasteiger partial charge in [0.1, 0.15) is 5.75 Å². The van der Waals surface area contributed by atoms with Crippen molar-refractivity contribution in [2.24, 2.45) is 0 Å². The molecule has 4 amide bonds. The van der Waals surface area contributed by atoms with Gasteiger partial charge in [-0.3, -0.25) is 14.9 Å². The van der Waals surface area contributed by atoms with Crippen LogP contribution in [0.1, 0.15) is 6.92 Å². The van der Waals surface area contributed by atoms with Crippen LogP contribution in [0.3, 0.4) is 0 Å². The monoisotopic (exact) mass is 265 g/mol. The fraction of sp³-hybridized carbons (Fsp3) is 0.250. The largest absolute Gasteiger partial charge is 0.484 e. The molecule has 0 aliphatic carbocycles. The van der Waals surface area contributed by atoms with Crippen molar-refractivity contribution in [1.29, 1.82) is 0 Å². The molecule has 7 heteroatoms. The van der Waals surface area contributed by atoms with Gasteiger partial charge in [0.25, 0.3) is 5.91 Å². The molecule has 0 heterocycles. The zero-order valence-electron chi connectivity index (χ0n) is 10.6. The number of anilines is 1. The standard InChI is InChI=1S/C12H15N3O4/c1-8(16)14-9-3-5-10(6-4-9)19-7-11(17)15-12(18)13-2/h3-6H,7H2,1-2H3,(H,14,16)(H2,13,15,17,18). The molecular weight excluding hydrogens is 250 g/mol. The van der Waals surface area contributed by atoms with Crippen LogP contribution in [0, 0.1) is 0 Å². The molecule has 7 nitrogen and oxygen atoms in total. The zero-order valence-corrected chi connectivity index (χ0v) is 10.6. The Balaban J connectivity index is 2.43. The van der Waals surface area contributed by atoms with Crippen LogP contribution in [0.2, 0.25) is 0 Å². The number of amides is 4. The predicted molar refractivity (Wildman–Crippen MR) is 68.8 cm³/mol. The zero-order chi connectivity index (χ0) is 14.3. The topological polar surface area (TPSA) is 96.5 Å². The second-order valence-corrected chi connectivity index (χ2v) is 3.62. The predicted octanol–water partition coefficient (Wildman–Crippen LogP) is 0.479. The average Bonchev–Trinajstić information content (AvgIpc) is 2.37. The molecule has 3 N–H and O–H groups in total. The summed E-state index contributed by atoms with van der Waals surface area (Å²) in [5.74, 6) is -0.259. The lowest BCUT2D eigenvalue weighted by atomic mass is 10.3. The quantitative estimate of drug-likeness (QED) is 0.737. The van der Waals surface area contributed by atoms with Crippen LogP contribution in [-0.4, -0.2) is 31.5 Å². The Kier molecular flexibility index (Phi) is 5.34. The number of nitrogens with one attached hydrogen (secondary N) is 3. The second-order valence-electron chi connectivity index (χ2n) is 3.62. The summed E-state index contributed by atoms with van der Waals surface area (Å²) in [6, 6.07) is 5.92. The molecule has 0 saturated carbocycles. The van der Waals surface area contributed by atoms with Crippen LogP contribution in [0.15, 0.2) is 24.3 Å². The molecule has 0 unspecified atom stereocenters. The first-order valence-corrected chi connectivity index (χ1v) is 5.53. The Labute approximate surface area is 110 Å². The van der Waals surface area contributed by atoms with Crippen molar-refractivity contribution in [3.8, 4) is 5.75 Å². The van der Waals surface area contributed by atoms with E-state index in [1.165, 1.54) is 14.0 Å². The van der Waals surface area contributed by atoms with Crippen molar-refractivity contribution >= 4 is 23.5 Å². The SMILES string of the molecule is CNC(=O)NC(=O)COc1ccc(NC(C)=O)cc1. The number of imide groups is 1. The third kappa shape index (κ3) is 5.53. The summed E-state index contributed by atoms with van der Waals surface area (Å²) >= 11 is 0. The third-order valence-corrected chi connectivity index (χ3v) is 2.02. The van der Waals surface area contributed by atoms with Crippen molar-refractivity contribution in [2.45, 2.75) is 6.92 Å². The van der Waals surface area contributed by atoms with Crippen LogP contribution in [0.25, 0.3) is 0 Å². The Bertz CT molecular complexity index is 470. The van der Waals surface area contributed by atoms with Gasteiger partial charge in [0.05, 0.1) is 0 Å². The minimum atomic E-state index is -0.588. The minimum absolute atomic E-state index is 0.168. The number of carbonyl (C=O) groups is 3. The fourth-order valence-electron chi connectivity index (χ4n) is 1.21. The fourth-order valence-corrected chi connectivity index (χ4v) is 1.21. The van der Waals surface area contributed by atoms with Crippen molar-refractivity contribution in [1.82, 2.24) is 10.6 Å². The van der Waals surface area contributed by atoms with Crippen molar-refractivity contribution < 1.29 is 19.1 Å². The van der Waals surface area contributed by atoms with Gasteiger partial charge >= 0.3 is 6.03 Å². The Morgan fingerprint density at radius 2 is 1.79 bits per heavy atom. The van der Waals surface area contributed by atoms with E-state index in [1.54, 1.807) is 24.3 Å². The van der Waals surface area contributed by atoms with Crippen molar-refractivity contribution in [2.75, 3.05) is 19.0 Å². The van der Waals surface area contributed by atoms with Crippen LogP contribution in [0.5, 0.6) is 5.75 Å². The summed E-state index contributed by atoms with van der Waals surface area (Å²) in [7, 11) is 1.41. The van der Waals surface area contributed by atoms with E-state index in [1.807, 2.05) is 0 Å². The molecule has 0 aliphatic rings. The van der Waals surface area contributed by atoms with Crippen molar-refractivity contribution in [3.05, 3.63) is 24.3 Å². The molecule has 19 heavy (non-hydrogen) atoms. The average molecular weight is 265 g/mol. The van der Waals surface area contributed by atoms with Crippen molar-refractivity contribution in [3.63, 3.8) is 0 Å². The highest BCUT2D eigenvalue weighted by atomic mass is 16.5. The van der Waals surface area contributed by atoms with Gasteiger partial charge < -0.3 is 15.4 Å². The number of hydrogen-bond donors (Lipinski definition) is 3. The van der Waals surface area contributed by atoms with Crippen LogP contribution in [-0.2, 0) is 9.59 Å². The Morgan fingerprint density at radius 1 is 1.16 bits per heavy atom. The number of rotatable bonds is 4. The van der Waals surface area contributed by atoms with Gasteiger partial charge in [0.2, 0.25) is 5.91 Å². The molecule has 0 aromatic heterocycles. The van der Waals surface area contributed by atoms with Gasteiger partial charge in [-0.1, -0.05) is 0 Å². The van der Waals surface area contributed by atoms with Crippen LogP contribution in [0.4, 0.5) is 10.5 Å². The summed E-state index contributed by atoms with van der Waals surface area (Å²) < 4.78 is 5.17. The van der Waals surface area contributed by atoms with Gasteiger partial charge in [0.15, 0.2) is 6.61 Å². The van der Waals surface area contributed by atoms with E-state index in [2.05, 4.69) is 16.0 Å². The van der Waals surface area contributed by atoms with Gasteiger partial charge in [-0.25, -0.2) is 4.79 Å². The lowest BCUT2D eigenvalue weighted by Crippen LogP contribution is -2.39. The first kappa shape index (κ1) is 14.5. The molecule has 0 radical (unpaired) electrons. The van der Waals surface area contributed by atoms with E-state index in [9.17, 15) is 14.4 Å². The molecule has 0 fully saturated rings. The normalized spacial score (nSPS) is 9.37. The molecule has 0 aliphatic heterocycles. The van der Waals surface area contributed by atoms with E-state index >= 15 is 0 Å². The third-order valence-electron chi connectivity index (χ3n) is 2.02. The van der Waals surface area contributed by atoms with E-state index in [4.69, 9.17) is 4.74 Å². The number of urea groups is 1. The maximum Gasteiger partial charge on any atom is 0.321 e. The summed E-state index contributed by atoms with van der Waals surface area (Å²) in [4.78, 5) is 32.9. The summed E-state index contributed by atoms with van der Waals surface area (Å²) in [6.07, 6.45) is 0. The summed E-state index contributed by atoms with van der Waals surface area (Å²) in [5, 5.41) is 6.92. The lowest BCUT2D eigenvalue weighted by molar-refractivity contribution is -0.122. The lowest BCUT2D eigenvalue weighted by Gasteiger charge is -2.07. The highest BCUT2D eigenvalue weighted by molar-refractivity contribution is 5.94. The highest BCUT2D eigenvalue weighted by Crippen LogP contribution is 2.15. The first-order valence-electron chi connectivity index (χ1n) is 5.53. The molecule has 0 saturated heterocycles. The Hall–Kier alpha value is -2.57. The van der Waals surface area contributed by atoms with Gasteiger partial charge in [-0.15, -0.1) is 0 Å². The molecule has 0 atom stereocenters.